The Labute approximate surface area is 123 Å². The lowest BCUT2D eigenvalue weighted by Gasteiger charge is -2.24. The lowest BCUT2D eigenvalue weighted by Crippen LogP contribution is -2.33. The van der Waals surface area contributed by atoms with Crippen LogP contribution in [0.1, 0.15) is 44.0 Å². The summed E-state index contributed by atoms with van der Waals surface area (Å²) in [5, 5.41) is 5.07. The molecule has 0 fully saturated rings. The van der Waals surface area contributed by atoms with E-state index >= 15 is 0 Å². The molecule has 1 amide bonds. The number of halogens is 1. The van der Waals surface area contributed by atoms with Crippen molar-refractivity contribution < 1.29 is 4.79 Å². The molecule has 1 atom stereocenters. The van der Waals surface area contributed by atoms with Gasteiger partial charge in [0.1, 0.15) is 0 Å². The fourth-order valence-corrected chi connectivity index (χ4v) is 3.16. The molecular formula is C16H19ClN2O. The number of amides is 1. The summed E-state index contributed by atoms with van der Waals surface area (Å²) >= 11 is 6.26. The summed E-state index contributed by atoms with van der Waals surface area (Å²) in [7, 11) is 0. The first kappa shape index (κ1) is 13.5. The molecule has 0 saturated heterocycles. The highest BCUT2D eigenvalue weighted by molar-refractivity contribution is 6.35. The van der Waals surface area contributed by atoms with Crippen LogP contribution in [0, 0.1) is 5.92 Å². The maximum Gasteiger partial charge on any atom is 0.223 e. The van der Waals surface area contributed by atoms with Gasteiger partial charge in [-0.15, -0.1) is 0 Å². The Hall–Kier alpha value is -1.48. The van der Waals surface area contributed by atoms with Gasteiger partial charge in [0.15, 0.2) is 0 Å². The van der Waals surface area contributed by atoms with Crippen molar-refractivity contribution in [3.63, 3.8) is 0 Å². The first-order valence-electron chi connectivity index (χ1n) is 7.17. The quantitative estimate of drug-likeness (QED) is 0.863. The van der Waals surface area contributed by atoms with Crippen LogP contribution >= 0.6 is 11.6 Å². The maximum absolute atomic E-state index is 12.0. The van der Waals surface area contributed by atoms with Gasteiger partial charge in [0, 0.05) is 17.0 Å². The molecule has 2 N–H and O–H groups in total. The number of rotatable bonds is 2. The van der Waals surface area contributed by atoms with Gasteiger partial charge < -0.3 is 10.3 Å². The minimum atomic E-state index is 0.00772. The zero-order valence-electron chi connectivity index (χ0n) is 11.8. The fraction of sp³-hybridized carbons (Fsp3) is 0.438. The topological polar surface area (TPSA) is 44.9 Å². The molecule has 20 heavy (non-hydrogen) atoms. The first-order chi connectivity index (χ1) is 9.58. The summed E-state index contributed by atoms with van der Waals surface area (Å²) in [5.41, 5.74) is 3.43. The van der Waals surface area contributed by atoms with Gasteiger partial charge in [-0.2, -0.15) is 0 Å². The lowest BCUT2D eigenvalue weighted by atomic mass is 9.91. The van der Waals surface area contributed by atoms with Crippen molar-refractivity contribution >= 4 is 28.4 Å². The molecule has 2 aromatic rings. The average Bonchev–Trinajstić information content (AvgIpc) is 2.80. The van der Waals surface area contributed by atoms with E-state index in [-0.39, 0.29) is 17.9 Å². The average molecular weight is 291 g/mol. The Morgan fingerprint density at radius 3 is 3.00 bits per heavy atom. The number of fused-ring (bicyclic) bond motifs is 3. The van der Waals surface area contributed by atoms with Gasteiger partial charge in [0.2, 0.25) is 5.91 Å². The molecule has 1 unspecified atom stereocenters. The molecule has 4 heteroatoms. The molecular weight excluding hydrogens is 272 g/mol. The van der Waals surface area contributed by atoms with E-state index in [0.29, 0.717) is 0 Å². The van der Waals surface area contributed by atoms with E-state index in [4.69, 9.17) is 11.6 Å². The minimum absolute atomic E-state index is 0.00772. The smallest absolute Gasteiger partial charge is 0.223 e. The van der Waals surface area contributed by atoms with Crippen LogP contribution in [0.2, 0.25) is 5.02 Å². The molecule has 1 aromatic heterocycles. The molecule has 3 nitrogen and oxygen atoms in total. The van der Waals surface area contributed by atoms with Crippen LogP contribution in [0.25, 0.3) is 10.9 Å². The van der Waals surface area contributed by atoms with Crippen molar-refractivity contribution in [3.05, 3.63) is 34.5 Å². The summed E-state index contributed by atoms with van der Waals surface area (Å²) in [6.07, 6.45) is 3.12. The largest absolute Gasteiger partial charge is 0.355 e. The van der Waals surface area contributed by atoms with Gasteiger partial charge in [0.05, 0.1) is 16.6 Å². The molecule has 1 aromatic carbocycles. The number of hydrogen-bond donors (Lipinski definition) is 2. The lowest BCUT2D eigenvalue weighted by molar-refractivity contribution is -0.124. The molecule has 1 heterocycles. The van der Waals surface area contributed by atoms with Gasteiger partial charge in [-0.1, -0.05) is 37.6 Å². The van der Waals surface area contributed by atoms with Crippen molar-refractivity contribution in [2.45, 2.75) is 39.2 Å². The highest BCUT2D eigenvalue weighted by Gasteiger charge is 2.26. The molecule has 106 valence electrons. The molecule has 0 bridgehead atoms. The molecule has 0 aliphatic heterocycles. The number of H-pyrrole nitrogens is 1. The summed E-state index contributed by atoms with van der Waals surface area (Å²) in [6, 6.07) is 6.06. The number of benzene rings is 1. The number of aromatic nitrogens is 1. The second-order valence-electron chi connectivity index (χ2n) is 5.79. The van der Waals surface area contributed by atoms with E-state index in [1.165, 1.54) is 10.9 Å². The van der Waals surface area contributed by atoms with Crippen LogP contribution in [0.15, 0.2) is 18.2 Å². The standard InChI is InChI=1S/C16H19ClN2O/c1-9(2)16(20)18-13-8-4-6-11-10-5-3-7-12(17)14(10)19-15(11)13/h3,5,7,9,13,19H,4,6,8H2,1-2H3,(H,18,20). The number of nitrogens with one attached hydrogen (secondary N) is 2. The Balaban J connectivity index is 2.02. The highest BCUT2D eigenvalue weighted by Crippen LogP contribution is 2.36. The fourth-order valence-electron chi connectivity index (χ4n) is 2.93. The van der Waals surface area contributed by atoms with Crippen LogP contribution in [-0.2, 0) is 11.2 Å². The normalized spacial score (nSPS) is 18.3. The molecule has 3 rings (SSSR count). The van der Waals surface area contributed by atoms with Crippen LogP contribution in [0.3, 0.4) is 0 Å². The van der Waals surface area contributed by atoms with Gasteiger partial charge in [-0.05, 0) is 30.9 Å². The SMILES string of the molecule is CC(C)C(=O)NC1CCCc2c1[nH]c1c(Cl)cccc21. The van der Waals surface area contributed by atoms with Crippen molar-refractivity contribution in [1.82, 2.24) is 10.3 Å². The van der Waals surface area contributed by atoms with E-state index < -0.39 is 0 Å². The predicted octanol–water partition coefficient (Wildman–Crippen LogP) is 3.97. The molecule has 0 radical (unpaired) electrons. The van der Waals surface area contributed by atoms with Crippen molar-refractivity contribution in [2.75, 3.05) is 0 Å². The van der Waals surface area contributed by atoms with Gasteiger partial charge in [-0.25, -0.2) is 0 Å². The number of aryl methyl sites for hydroxylation is 1. The number of para-hydroxylation sites is 1. The third-order valence-electron chi connectivity index (χ3n) is 4.03. The van der Waals surface area contributed by atoms with Gasteiger partial charge >= 0.3 is 0 Å². The number of carbonyl (C=O) groups excluding carboxylic acids is 1. The van der Waals surface area contributed by atoms with Gasteiger partial charge in [-0.3, -0.25) is 4.79 Å². The first-order valence-corrected chi connectivity index (χ1v) is 7.55. The van der Waals surface area contributed by atoms with Crippen LogP contribution in [-0.4, -0.2) is 10.9 Å². The van der Waals surface area contributed by atoms with E-state index in [1.54, 1.807) is 0 Å². The number of hydrogen-bond acceptors (Lipinski definition) is 1. The summed E-state index contributed by atoms with van der Waals surface area (Å²) in [6.45, 7) is 3.84. The zero-order chi connectivity index (χ0) is 14.3. The van der Waals surface area contributed by atoms with Crippen LogP contribution < -0.4 is 5.32 Å². The van der Waals surface area contributed by atoms with E-state index in [0.717, 1.165) is 35.5 Å². The molecule has 1 aliphatic rings. The number of carbonyl (C=O) groups is 1. The van der Waals surface area contributed by atoms with E-state index in [2.05, 4.69) is 16.4 Å². The Bertz CT molecular complexity index is 660. The summed E-state index contributed by atoms with van der Waals surface area (Å²) in [5.74, 6) is 0.112. The maximum atomic E-state index is 12.0. The highest BCUT2D eigenvalue weighted by atomic mass is 35.5. The predicted molar refractivity (Wildman–Crippen MR) is 82.0 cm³/mol. The number of aromatic amines is 1. The van der Waals surface area contributed by atoms with Gasteiger partial charge in [0.25, 0.3) is 0 Å². The summed E-state index contributed by atoms with van der Waals surface area (Å²) < 4.78 is 0. The molecule has 0 spiro atoms. The van der Waals surface area contributed by atoms with E-state index in [1.807, 2.05) is 26.0 Å². The second kappa shape index (κ2) is 5.13. The zero-order valence-corrected chi connectivity index (χ0v) is 12.6. The van der Waals surface area contributed by atoms with Crippen molar-refractivity contribution in [3.8, 4) is 0 Å². The van der Waals surface area contributed by atoms with Crippen LogP contribution in [0.4, 0.5) is 0 Å². The van der Waals surface area contributed by atoms with Crippen molar-refractivity contribution in [2.24, 2.45) is 5.92 Å². The Morgan fingerprint density at radius 2 is 2.25 bits per heavy atom. The Morgan fingerprint density at radius 1 is 1.45 bits per heavy atom. The van der Waals surface area contributed by atoms with E-state index in [9.17, 15) is 4.79 Å². The third kappa shape index (κ3) is 2.20. The monoisotopic (exact) mass is 290 g/mol. The third-order valence-corrected chi connectivity index (χ3v) is 4.35. The molecule has 1 aliphatic carbocycles. The molecule has 0 saturated carbocycles. The van der Waals surface area contributed by atoms with Crippen LogP contribution in [0.5, 0.6) is 0 Å². The second-order valence-corrected chi connectivity index (χ2v) is 6.19. The minimum Gasteiger partial charge on any atom is -0.355 e. The van der Waals surface area contributed by atoms with Crippen molar-refractivity contribution in [1.29, 1.82) is 0 Å². The Kier molecular flexibility index (Phi) is 3.47. The summed E-state index contributed by atoms with van der Waals surface area (Å²) in [4.78, 5) is 15.4.